The molecule has 1 aliphatic rings. The molecule has 1 N–H and O–H groups in total. The number of carbonyl (C=O) groups is 1. The molecule has 11 heteroatoms. The highest BCUT2D eigenvalue weighted by molar-refractivity contribution is 7.15. The summed E-state index contributed by atoms with van der Waals surface area (Å²) in [6.45, 7) is 4.16. The van der Waals surface area contributed by atoms with E-state index in [2.05, 4.69) is 30.2 Å². The number of thiazole rings is 1. The zero-order valence-corrected chi connectivity index (χ0v) is 21.7. The number of hydrogen-bond acceptors (Lipinski definition) is 9. The summed E-state index contributed by atoms with van der Waals surface area (Å²) in [6, 6.07) is 9.20. The first-order valence-electron chi connectivity index (χ1n) is 11.5. The van der Waals surface area contributed by atoms with Crippen molar-refractivity contribution < 1.29 is 9.53 Å². The molecule has 4 aromatic rings. The Balaban J connectivity index is 1.34. The molecule has 5 rings (SSSR count). The van der Waals surface area contributed by atoms with Crippen molar-refractivity contribution in [3.63, 3.8) is 0 Å². The van der Waals surface area contributed by atoms with Gasteiger partial charge < -0.3 is 4.74 Å². The molecule has 1 aliphatic heterocycles. The summed E-state index contributed by atoms with van der Waals surface area (Å²) in [6.07, 6.45) is 5.61. The topological polar surface area (TPSA) is 117 Å². The van der Waals surface area contributed by atoms with Gasteiger partial charge in [0.1, 0.15) is 22.7 Å². The standard InChI is InChI=1S/C26H22ClN7O2S/c1-15-7-18(19-8-24(27)31-12-22(19)36-2)20(11-29-15)25(35)33-26-32-21-5-6-34(14-23(21)37-26)13-16-3-4-17(9-28)30-10-16/h3-4,7-8,10-12H,5-6,13-14H2,1-2H3,(H,32,33,35). The van der Waals surface area contributed by atoms with Crippen LogP contribution in [0.25, 0.3) is 11.1 Å². The smallest absolute Gasteiger partial charge is 0.259 e. The predicted octanol–water partition coefficient (Wildman–Crippen LogP) is 4.65. The third-order valence-electron chi connectivity index (χ3n) is 6.01. The molecule has 186 valence electrons. The van der Waals surface area contributed by atoms with Crippen molar-refractivity contribution in [3.8, 4) is 22.9 Å². The van der Waals surface area contributed by atoms with Gasteiger partial charge in [-0.05, 0) is 30.7 Å². The van der Waals surface area contributed by atoms with Crippen LogP contribution in [-0.2, 0) is 19.5 Å². The number of hydrogen-bond donors (Lipinski definition) is 1. The molecule has 0 atom stereocenters. The number of halogens is 1. The monoisotopic (exact) mass is 531 g/mol. The second-order valence-electron chi connectivity index (χ2n) is 8.55. The van der Waals surface area contributed by atoms with Crippen molar-refractivity contribution in [3.05, 3.63) is 81.1 Å². The van der Waals surface area contributed by atoms with Crippen molar-refractivity contribution >= 4 is 34.0 Å². The highest BCUT2D eigenvalue weighted by Gasteiger charge is 2.23. The van der Waals surface area contributed by atoms with E-state index in [-0.39, 0.29) is 5.91 Å². The van der Waals surface area contributed by atoms with Gasteiger partial charge in [-0.1, -0.05) is 17.7 Å². The molecule has 37 heavy (non-hydrogen) atoms. The van der Waals surface area contributed by atoms with Crippen LogP contribution in [0, 0.1) is 18.3 Å². The number of pyridine rings is 3. The Morgan fingerprint density at radius 3 is 2.84 bits per heavy atom. The number of carbonyl (C=O) groups excluding carboxylic acids is 1. The van der Waals surface area contributed by atoms with E-state index in [1.807, 2.05) is 25.1 Å². The van der Waals surface area contributed by atoms with Gasteiger partial charge in [-0.25, -0.2) is 15.0 Å². The first-order chi connectivity index (χ1) is 17.9. The first-order valence-corrected chi connectivity index (χ1v) is 12.7. The zero-order valence-electron chi connectivity index (χ0n) is 20.2. The summed E-state index contributed by atoms with van der Waals surface area (Å²) in [4.78, 5) is 34.0. The molecule has 0 saturated heterocycles. The average Bonchev–Trinajstić information content (AvgIpc) is 3.30. The number of nitriles is 1. The van der Waals surface area contributed by atoms with Crippen molar-refractivity contribution in [2.45, 2.75) is 26.4 Å². The number of rotatable bonds is 6. The fourth-order valence-electron chi connectivity index (χ4n) is 4.20. The van der Waals surface area contributed by atoms with Crippen LogP contribution in [0.2, 0.25) is 5.15 Å². The maximum Gasteiger partial charge on any atom is 0.259 e. The number of amides is 1. The summed E-state index contributed by atoms with van der Waals surface area (Å²) >= 11 is 7.62. The number of anilines is 1. The minimum absolute atomic E-state index is 0.297. The predicted molar refractivity (Wildman–Crippen MR) is 141 cm³/mol. The number of nitrogens with one attached hydrogen (secondary N) is 1. The summed E-state index contributed by atoms with van der Waals surface area (Å²) in [7, 11) is 1.55. The summed E-state index contributed by atoms with van der Waals surface area (Å²) < 4.78 is 5.46. The van der Waals surface area contributed by atoms with Crippen LogP contribution in [0.3, 0.4) is 0 Å². The Hall–Kier alpha value is -3.91. The molecule has 0 saturated carbocycles. The number of methoxy groups -OCH3 is 1. The maximum absolute atomic E-state index is 13.4. The number of nitrogens with zero attached hydrogens (tertiary/aromatic N) is 6. The molecule has 0 radical (unpaired) electrons. The SMILES string of the molecule is COc1cnc(Cl)cc1-c1cc(C)ncc1C(=O)Nc1nc2c(s1)CN(Cc1ccc(C#N)nc1)CC2. The van der Waals surface area contributed by atoms with Crippen molar-refractivity contribution in [2.24, 2.45) is 0 Å². The van der Waals surface area contributed by atoms with Crippen LogP contribution < -0.4 is 10.1 Å². The zero-order chi connectivity index (χ0) is 25.9. The quantitative estimate of drug-likeness (QED) is 0.357. The van der Waals surface area contributed by atoms with E-state index in [0.29, 0.717) is 38.4 Å². The van der Waals surface area contributed by atoms with Crippen LogP contribution in [0.4, 0.5) is 5.13 Å². The van der Waals surface area contributed by atoms with Gasteiger partial charge >= 0.3 is 0 Å². The third-order valence-corrected chi connectivity index (χ3v) is 7.21. The Kier molecular flexibility index (Phi) is 7.10. The highest BCUT2D eigenvalue weighted by atomic mass is 35.5. The first kappa shape index (κ1) is 24.8. The molecule has 5 heterocycles. The molecule has 0 spiro atoms. The maximum atomic E-state index is 13.4. The normalized spacial score (nSPS) is 13.0. The molecule has 0 aromatic carbocycles. The summed E-state index contributed by atoms with van der Waals surface area (Å²) in [5.41, 5.74) is 4.90. The van der Waals surface area contributed by atoms with Gasteiger partial charge in [0.25, 0.3) is 5.91 Å². The van der Waals surface area contributed by atoms with E-state index in [1.54, 1.807) is 31.6 Å². The number of ether oxygens (including phenoxy) is 1. The van der Waals surface area contributed by atoms with Crippen LogP contribution in [0.5, 0.6) is 5.75 Å². The largest absolute Gasteiger partial charge is 0.494 e. The molecular weight excluding hydrogens is 510 g/mol. The van der Waals surface area contributed by atoms with Crippen LogP contribution in [0.15, 0.2) is 42.9 Å². The highest BCUT2D eigenvalue weighted by Crippen LogP contribution is 2.35. The minimum atomic E-state index is -0.316. The van der Waals surface area contributed by atoms with Gasteiger partial charge in [-0.3, -0.25) is 20.0 Å². The average molecular weight is 532 g/mol. The van der Waals surface area contributed by atoms with E-state index in [9.17, 15) is 4.79 Å². The molecular formula is C26H22ClN7O2S. The van der Waals surface area contributed by atoms with Gasteiger partial charge in [0.05, 0.1) is 24.6 Å². The molecule has 0 bridgehead atoms. The molecule has 1 amide bonds. The van der Waals surface area contributed by atoms with E-state index in [0.717, 1.165) is 47.9 Å². The number of aromatic nitrogens is 4. The second-order valence-corrected chi connectivity index (χ2v) is 10.0. The molecule has 0 aliphatic carbocycles. The van der Waals surface area contributed by atoms with Crippen molar-refractivity contribution in [1.82, 2.24) is 24.8 Å². The number of aryl methyl sites for hydroxylation is 1. The Morgan fingerprint density at radius 2 is 2.08 bits per heavy atom. The lowest BCUT2D eigenvalue weighted by atomic mass is 10.0. The third kappa shape index (κ3) is 5.44. The van der Waals surface area contributed by atoms with Gasteiger partial charge in [0, 0.05) is 60.1 Å². The molecule has 0 fully saturated rings. The lowest BCUT2D eigenvalue weighted by molar-refractivity contribution is 0.102. The van der Waals surface area contributed by atoms with Gasteiger partial charge in [-0.2, -0.15) is 5.26 Å². The Bertz CT molecular complexity index is 1510. The van der Waals surface area contributed by atoms with Gasteiger partial charge in [-0.15, -0.1) is 11.3 Å². The van der Waals surface area contributed by atoms with E-state index >= 15 is 0 Å². The van der Waals surface area contributed by atoms with Gasteiger partial charge in [0.15, 0.2) is 5.13 Å². The molecule has 0 unspecified atom stereocenters. The fraction of sp³-hybridized carbons (Fsp3) is 0.231. The second kappa shape index (κ2) is 10.6. The molecule has 9 nitrogen and oxygen atoms in total. The van der Waals surface area contributed by atoms with Gasteiger partial charge in [0.2, 0.25) is 0 Å². The van der Waals surface area contributed by atoms with E-state index < -0.39 is 0 Å². The van der Waals surface area contributed by atoms with Crippen LogP contribution in [-0.4, -0.2) is 44.4 Å². The van der Waals surface area contributed by atoms with Crippen molar-refractivity contribution in [1.29, 1.82) is 5.26 Å². The van der Waals surface area contributed by atoms with Crippen LogP contribution >= 0.6 is 22.9 Å². The minimum Gasteiger partial charge on any atom is -0.494 e. The van der Waals surface area contributed by atoms with Crippen LogP contribution in [0.1, 0.15) is 37.9 Å². The summed E-state index contributed by atoms with van der Waals surface area (Å²) in [5.74, 6) is 0.190. The number of fused-ring (bicyclic) bond motifs is 1. The van der Waals surface area contributed by atoms with E-state index in [1.165, 1.54) is 17.5 Å². The van der Waals surface area contributed by atoms with E-state index in [4.69, 9.17) is 21.6 Å². The fourth-order valence-corrected chi connectivity index (χ4v) is 5.40. The van der Waals surface area contributed by atoms with Crippen molar-refractivity contribution in [2.75, 3.05) is 19.0 Å². The summed E-state index contributed by atoms with van der Waals surface area (Å²) in [5, 5.41) is 12.7. The lowest BCUT2D eigenvalue weighted by Crippen LogP contribution is -2.29. The Morgan fingerprint density at radius 1 is 1.22 bits per heavy atom. The Labute approximate surface area is 222 Å². The lowest BCUT2D eigenvalue weighted by Gasteiger charge is -2.25. The molecule has 4 aromatic heterocycles.